The van der Waals surface area contributed by atoms with E-state index < -0.39 is 0 Å². The second kappa shape index (κ2) is 6.80. The van der Waals surface area contributed by atoms with Crippen molar-refractivity contribution in [2.45, 2.75) is 20.4 Å². The fourth-order valence-electron chi connectivity index (χ4n) is 1.91. The molecule has 0 radical (unpaired) electrons. The average molecular weight is 267 g/mol. The highest BCUT2D eigenvalue weighted by Crippen LogP contribution is 2.16. The molecule has 0 saturated heterocycles. The first-order valence-corrected chi connectivity index (χ1v) is 6.83. The first-order valence-electron chi connectivity index (χ1n) is 6.83. The topological polar surface area (TPSA) is 21.3 Å². The van der Waals surface area contributed by atoms with Crippen LogP contribution in [0.25, 0.3) is 0 Å². The van der Waals surface area contributed by atoms with Crippen LogP contribution in [-0.4, -0.2) is 6.61 Å². The third kappa shape index (κ3) is 3.89. The van der Waals surface area contributed by atoms with Gasteiger partial charge in [-0.25, -0.2) is 0 Å². The highest BCUT2D eigenvalue weighted by Gasteiger charge is 1.98. The minimum absolute atomic E-state index is 0.542. The van der Waals surface area contributed by atoms with Crippen molar-refractivity contribution in [3.63, 3.8) is 0 Å². The van der Waals surface area contributed by atoms with Gasteiger partial charge in [0.25, 0.3) is 0 Å². The van der Waals surface area contributed by atoms with Gasteiger partial charge in [-0.05, 0) is 54.8 Å². The summed E-state index contributed by atoms with van der Waals surface area (Å²) >= 11 is 0. The molecular weight excluding hydrogens is 246 g/mol. The maximum atomic E-state index is 5.46. The van der Waals surface area contributed by atoms with Gasteiger partial charge >= 0.3 is 0 Å². The van der Waals surface area contributed by atoms with Gasteiger partial charge in [0.15, 0.2) is 0 Å². The molecule has 2 heteroatoms. The third-order valence-electron chi connectivity index (χ3n) is 3.29. The van der Waals surface area contributed by atoms with Crippen molar-refractivity contribution >= 4 is 5.69 Å². The van der Waals surface area contributed by atoms with Gasteiger partial charge in [0.1, 0.15) is 12.4 Å². The molecule has 104 valence electrons. The molecule has 0 aliphatic heterocycles. The van der Waals surface area contributed by atoms with Crippen molar-refractivity contribution in [2.75, 3.05) is 11.9 Å². The molecule has 2 aromatic carbocycles. The van der Waals surface area contributed by atoms with E-state index in [1.54, 1.807) is 6.08 Å². The minimum atomic E-state index is 0.542. The number of nitrogens with one attached hydrogen (secondary N) is 1. The quantitative estimate of drug-likeness (QED) is 0.779. The van der Waals surface area contributed by atoms with Crippen LogP contribution in [0.3, 0.4) is 0 Å². The van der Waals surface area contributed by atoms with E-state index in [0.717, 1.165) is 18.0 Å². The van der Waals surface area contributed by atoms with Crippen molar-refractivity contribution in [2.24, 2.45) is 0 Å². The van der Waals surface area contributed by atoms with E-state index in [4.69, 9.17) is 4.74 Å². The van der Waals surface area contributed by atoms with Gasteiger partial charge in [-0.2, -0.15) is 0 Å². The second-order valence-electron chi connectivity index (χ2n) is 4.90. The van der Waals surface area contributed by atoms with Gasteiger partial charge in [-0.15, -0.1) is 0 Å². The molecule has 0 amide bonds. The lowest BCUT2D eigenvalue weighted by molar-refractivity contribution is 0.363. The van der Waals surface area contributed by atoms with Crippen molar-refractivity contribution in [1.29, 1.82) is 0 Å². The summed E-state index contributed by atoms with van der Waals surface area (Å²) < 4.78 is 5.46. The van der Waals surface area contributed by atoms with Gasteiger partial charge in [0, 0.05) is 12.2 Å². The summed E-state index contributed by atoms with van der Waals surface area (Å²) in [7, 11) is 0. The van der Waals surface area contributed by atoms with E-state index in [-0.39, 0.29) is 0 Å². The third-order valence-corrected chi connectivity index (χ3v) is 3.29. The summed E-state index contributed by atoms with van der Waals surface area (Å²) in [5.74, 6) is 0.875. The van der Waals surface area contributed by atoms with E-state index in [9.17, 15) is 0 Å². The standard InChI is InChI=1S/C18H21NO/c1-4-11-20-18-9-6-16(7-10-18)13-19-17-8-5-14(2)15(3)12-17/h4-10,12,19H,1,11,13H2,2-3H3. The Balaban J connectivity index is 1.93. The van der Waals surface area contributed by atoms with E-state index in [1.807, 2.05) is 12.1 Å². The largest absolute Gasteiger partial charge is 0.490 e. The van der Waals surface area contributed by atoms with Crippen LogP contribution in [0.2, 0.25) is 0 Å². The zero-order chi connectivity index (χ0) is 14.4. The van der Waals surface area contributed by atoms with Crippen LogP contribution in [0, 0.1) is 13.8 Å². The lowest BCUT2D eigenvalue weighted by Crippen LogP contribution is -2.00. The lowest BCUT2D eigenvalue weighted by atomic mass is 10.1. The van der Waals surface area contributed by atoms with Gasteiger partial charge in [0.2, 0.25) is 0 Å². The molecular formula is C18H21NO. The fourth-order valence-corrected chi connectivity index (χ4v) is 1.91. The Hall–Kier alpha value is -2.22. The van der Waals surface area contributed by atoms with Gasteiger partial charge < -0.3 is 10.1 Å². The fraction of sp³-hybridized carbons (Fsp3) is 0.222. The molecule has 0 bridgehead atoms. The highest BCUT2D eigenvalue weighted by atomic mass is 16.5. The Morgan fingerprint density at radius 1 is 1.05 bits per heavy atom. The smallest absolute Gasteiger partial charge is 0.119 e. The van der Waals surface area contributed by atoms with Gasteiger partial charge in [-0.1, -0.05) is 30.9 Å². The normalized spacial score (nSPS) is 10.1. The Morgan fingerprint density at radius 3 is 2.45 bits per heavy atom. The van der Waals surface area contributed by atoms with Crippen LogP contribution < -0.4 is 10.1 Å². The number of benzene rings is 2. The Morgan fingerprint density at radius 2 is 1.80 bits per heavy atom. The molecule has 1 N–H and O–H groups in total. The maximum Gasteiger partial charge on any atom is 0.119 e. The van der Waals surface area contributed by atoms with E-state index >= 15 is 0 Å². The lowest BCUT2D eigenvalue weighted by Gasteiger charge is -2.09. The highest BCUT2D eigenvalue weighted by molar-refractivity contribution is 5.48. The minimum Gasteiger partial charge on any atom is -0.490 e. The first-order chi connectivity index (χ1) is 9.69. The molecule has 2 nitrogen and oxygen atoms in total. The number of ether oxygens (including phenoxy) is 1. The second-order valence-corrected chi connectivity index (χ2v) is 4.90. The molecule has 2 rings (SSSR count). The molecule has 0 spiro atoms. The molecule has 0 atom stereocenters. The number of hydrogen-bond acceptors (Lipinski definition) is 2. The van der Waals surface area contributed by atoms with E-state index in [1.165, 1.54) is 16.7 Å². The number of hydrogen-bond donors (Lipinski definition) is 1. The summed E-state index contributed by atoms with van der Waals surface area (Å²) in [6.45, 7) is 9.24. The summed E-state index contributed by atoms with van der Waals surface area (Å²) in [5.41, 5.74) is 5.01. The maximum absolute atomic E-state index is 5.46. The van der Waals surface area contributed by atoms with Crippen LogP contribution in [-0.2, 0) is 6.54 Å². The molecule has 0 aliphatic carbocycles. The summed E-state index contributed by atoms with van der Waals surface area (Å²) in [4.78, 5) is 0. The molecule has 20 heavy (non-hydrogen) atoms. The molecule has 0 unspecified atom stereocenters. The predicted octanol–water partition coefficient (Wildman–Crippen LogP) is 4.48. The van der Waals surface area contributed by atoms with Crippen molar-refractivity contribution < 1.29 is 4.74 Å². The Bertz CT molecular complexity index is 572. The Labute approximate surface area is 121 Å². The van der Waals surface area contributed by atoms with Crippen molar-refractivity contribution in [1.82, 2.24) is 0 Å². The van der Waals surface area contributed by atoms with Crippen molar-refractivity contribution in [3.05, 3.63) is 71.8 Å². The van der Waals surface area contributed by atoms with Gasteiger partial charge in [0.05, 0.1) is 0 Å². The summed E-state index contributed by atoms with van der Waals surface area (Å²) in [6, 6.07) is 14.6. The zero-order valence-electron chi connectivity index (χ0n) is 12.1. The molecule has 0 saturated carbocycles. The summed E-state index contributed by atoms with van der Waals surface area (Å²) in [6.07, 6.45) is 1.75. The van der Waals surface area contributed by atoms with Crippen LogP contribution in [0.4, 0.5) is 5.69 Å². The molecule has 0 aliphatic rings. The van der Waals surface area contributed by atoms with Gasteiger partial charge in [-0.3, -0.25) is 0 Å². The Kier molecular flexibility index (Phi) is 4.83. The molecule has 0 aromatic heterocycles. The monoisotopic (exact) mass is 267 g/mol. The summed E-state index contributed by atoms with van der Waals surface area (Å²) in [5, 5.41) is 3.43. The van der Waals surface area contributed by atoms with Crippen molar-refractivity contribution in [3.8, 4) is 5.75 Å². The van der Waals surface area contributed by atoms with Crippen LogP contribution >= 0.6 is 0 Å². The van der Waals surface area contributed by atoms with Crippen LogP contribution in [0.15, 0.2) is 55.1 Å². The molecule has 0 heterocycles. The number of anilines is 1. The van der Waals surface area contributed by atoms with E-state index in [0.29, 0.717) is 6.61 Å². The molecule has 0 fully saturated rings. The number of aryl methyl sites for hydroxylation is 2. The van der Waals surface area contributed by atoms with E-state index in [2.05, 4.69) is 56.1 Å². The van der Waals surface area contributed by atoms with Crippen LogP contribution in [0.1, 0.15) is 16.7 Å². The first kappa shape index (κ1) is 14.2. The predicted molar refractivity (Wildman–Crippen MR) is 85.4 cm³/mol. The number of rotatable bonds is 6. The molecule has 2 aromatic rings. The average Bonchev–Trinajstić information content (AvgIpc) is 2.47. The SMILES string of the molecule is C=CCOc1ccc(CNc2ccc(C)c(C)c2)cc1. The van der Waals surface area contributed by atoms with Crippen LogP contribution in [0.5, 0.6) is 5.75 Å². The zero-order valence-corrected chi connectivity index (χ0v) is 12.1.